The summed E-state index contributed by atoms with van der Waals surface area (Å²) in [4.78, 5) is 16.1. The molecule has 0 aliphatic carbocycles. The Morgan fingerprint density at radius 1 is 1.44 bits per heavy atom. The maximum Gasteiger partial charge on any atom is 0.226 e. The number of nitrogens with zero attached hydrogens (tertiary/aromatic N) is 1. The van der Waals surface area contributed by atoms with E-state index in [1.807, 2.05) is 10.8 Å². The van der Waals surface area contributed by atoms with Gasteiger partial charge in [0.25, 0.3) is 0 Å². The fourth-order valence-electron chi connectivity index (χ4n) is 1.54. The van der Waals surface area contributed by atoms with Crippen LogP contribution in [-0.4, -0.2) is 17.4 Å². The Kier molecular flexibility index (Phi) is 4.90. The molecule has 2 aromatic heterocycles. The highest BCUT2D eigenvalue weighted by Gasteiger charge is 2.08. The first-order chi connectivity index (χ1) is 8.79. The molecule has 0 saturated carbocycles. The standard InChI is InChI=1S/C13H16N2OS2/c1-2-3-5-14-12(16)7-11-9-18-13(15-11)10-4-6-17-8-10/h4,6,8-9H,2-3,5,7H2,1H3,(H,14,16). The number of hydrogen-bond donors (Lipinski definition) is 1. The Morgan fingerprint density at radius 2 is 2.33 bits per heavy atom. The fourth-order valence-corrected chi connectivity index (χ4v) is 3.07. The van der Waals surface area contributed by atoms with Crippen LogP contribution < -0.4 is 5.32 Å². The van der Waals surface area contributed by atoms with Crippen LogP contribution in [0.4, 0.5) is 0 Å². The average Bonchev–Trinajstić information content (AvgIpc) is 2.98. The molecule has 0 fully saturated rings. The van der Waals surface area contributed by atoms with Crippen molar-refractivity contribution in [2.75, 3.05) is 6.54 Å². The second-order valence-electron chi connectivity index (χ2n) is 4.04. The van der Waals surface area contributed by atoms with Crippen LogP contribution in [0.15, 0.2) is 22.2 Å². The van der Waals surface area contributed by atoms with Crippen molar-refractivity contribution < 1.29 is 4.79 Å². The summed E-state index contributed by atoms with van der Waals surface area (Å²) in [6.45, 7) is 2.87. The van der Waals surface area contributed by atoms with Crippen molar-refractivity contribution in [2.24, 2.45) is 0 Å². The minimum Gasteiger partial charge on any atom is -0.356 e. The van der Waals surface area contributed by atoms with E-state index in [4.69, 9.17) is 0 Å². The van der Waals surface area contributed by atoms with Gasteiger partial charge in [-0.3, -0.25) is 4.79 Å². The number of amides is 1. The zero-order chi connectivity index (χ0) is 12.8. The van der Waals surface area contributed by atoms with E-state index >= 15 is 0 Å². The highest BCUT2D eigenvalue weighted by molar-refractivity contribution is 7.14. The predicted molar refractivity (Wildman–Crippen MR) is 77.0 cm³/mol. The Balaban J connectivity index is 1.89. The maximum atomic E-state index is 11.6. The molecule has 96 valence electrons. The van der Waals surface area contributed by atoms with Crippen molar-refractivity contribution in [3.63, 3.8) is 0 Å². The Bertz CT molecular complexity index is 491. The van der Waals surface area contributed by atoms with Gasteiger partial charge in [0.05, 0.1) is 12.1 Å². The Hall–Kier alpha value is -1.20. The van der Waals surface area contributed by atoms with Gasteiger partial charge >= 0.3 is 0 Å². The van der Waals surface area contributed by atoms with E-state index < -0.39 is 0 Å². The minimum absolute atomic E-state index is 0.0608. The zero-order valence-electron chi connectivity index (χ0n) is 10.3. The first kappa shape index (κ1) is 13.2. The van der Waals surface area contributed by atoms with Gasteiger partial charge in [0, 0.05) is 22.9 Å². The van der Waals surface area contributed by atoms with E-state index in [0.717, 1.165) is 35.7 Å². The van der Waals surface area contributed by atoms with Crippen molar-refractivity contribution in [2.45, 2.75) is 26.2 Å². The summed E-state index contributed by atoms with van der Waals surface area (Å²) >= 11 is 3.25. The summed E-state index contributed by atoms with van der Waals surface area (Å²) in [5.74, 6) is 0.0608. The number of hydrogen-bond acceptors (Lipinski definition) is 4. The van der Waals surface area contributed by atoms with Gasteiger partial charge in [-0.15, -0.1) is 11.3 Å². The summed E-state index contributed by atoms with van der Waals surface area (Å²) in [7, 11) is 0. The normalized spacial score (nSPS) is 10.5. The lowest BCUT2D eigenvalue weighted by Crippen LogP contribution is -2.26. The number of carbonyl (C=O) groups excluding carboxylic acids is 1. The lowest BCUT2D eigenvalue weighted by Gasteiger charge is -2.01. The quantitative estimate of drug-likeness (QED) is 0.825. The third kappa shape index (κ3) is 3.65. The van der Waals surface area contributed by atoms with Gasteiger partial charge in [0.15, 0.2) is 0 Å². The topological polar surface area (TPSA) is 42.0 Å². The third-order valence-corrected chi connectivity index (χ3v) is 4.14. The molecule has 0 saturated heterocycles. The van der Waals surface area contributed by atoms with Crippen LogP contribution in [0.1, 0.15) is 25.5 Å². The van der Waals surface area contributed by atoms with Gasteiger partial charge in [0.2, 0.25) is 5.91 Å². The molecule has 5 heteroatoms. The van der Waals surface area contributed by atoms with Crippen LogP contribution in [0.3, 0.4) is 0 Å². The summed E-state index contributed by atoms with van der Waals surface area (Å²) in [5, 5.41) is 9.97. The molecular weight excluding hydrogens is 264 g/mol. The molecule has 0 radical (unpaired) electrons. The molecule has 0 aromatic carbocycles. The van der Waals surface area contributed by atoms with Crippen molar-refractivity contribution in [1.82, 2.24) is 10.3 Å². The van der Waals surface area contributed by atoms with Crippen LogP contribution in [0.5, 0.6) is 0 Å². The minimum atomic E-state index is 0.0608. The van der Waals surface area contributed by atoms with E-state index in [1.54, 1.807) is 22.7 Å². The Morgan fingerprint density at radius 3 is 3.06 bits per heavy atom. The van der Waals surface area contributed by atoms with Crippen molar-refractivity contribution >= 4 is 28.6 Å². The smallest absolute Gasteiger partial charge is 0.226 e. The van der Waals surface area contributed by atoms with Gasteiger partial charge in [-0.1, -0.05) is 13.3 Å². The highest BCUT2D eigenvalue weighted by Crippen LogP contribution is 2.25. The summed E-state index contributed by atoms with van der Waals surface area (Å²) in [6, 6.07) is 2.05. The second-order valence-corrected chi connectivity index (χ2v) is 5.67. The highest BCUT2D eigenvalue weighted by atomic mass is 32.1. The van der Waals surface area contributed by atoms with E-state index in [2.05, 4.69) is 28.7 Å². The maximum absolute atomic E-state index is 11.6. The Labute approximate surface area is 115 Å². The first-order valence-corrected chi connectivity index (χ1v) is 7.85. The molecule has 1 N–H and O–H groups in total. The molecule has 0 atom stereocenters. The number of nitrogens with one attached hydrogen (secondary N) is 1. The summed E-state index contributed by atoms with van der Waals surface area (Å²) < 4.78 is 0. The molecule has 0 aliphatic rings. The molecule has 18 heavy (non-hydrogen) atoms. The van der Waals surface area contributed by atoms with Crippen molar-refractivity contribution in [1.29, 1.82) is 0 Å². The van der Waals surface area contributed by atoms with E-state index in [-0.39, 0.29) is 5.91 Å². The summed E-state index contributed by atoms with van der Waals surface area (Å²) in [5.41, 5.74) is 2.00. The third-order valence-electron chi connectivity index (χ3n) is 2.51. The molecule has 2 aromatic rings. The first-order valence-electron chi connectivity index (χ1n) is 6.03. The number of aromatic nitrogens is 1. The summed E-state index contributed by atoms with van der Waals surface area (Å²) in [6.07, 6.45) is 2.51. The molecule has 0 aliphatic heterocycles. The molecular formula is C13H16N2OS2. The molecule has 3 nitrogen and oxygen atoms in total. The fraction of sp³-hybridized carbons (Fsp3) is 0.385. The second kappa shape index (κ2) is 6.66. The van der Waals surface area contributed by atoms with Gasteiger partial charge in [-0.2, -0.15) is 11.3 Å². The zero-order valence-corrected chi connectivity index (χ0v) is 11.9. The van der Waals surface area contributed by atoms with Crippen LogP contribution in [0, 0.1) is 0 Å². The van der Waals surface area contributed by atoms with Crippen LogP contribution in [0.2, 0.25) is 0 Å². The SMILES string of the molecule is CCCCNC(=O)Cc1csc(-c2ccsc2)n1. The van der Waals surface area contributed by atoms with Gasteiger partial charge in [-0.05, 0) is 17.9 Å². The molecule has 2 heterocycles. The monoisotopic (exact) mass is 280 g/mol. The van der Waals surface area contributed by atoms with Gasteiger partial charge in [0.1, 0.15) is 5.01 Å². The van der Waals surface area contributed by atoms with Crippen molar-refractivity contribution in [3.8, 4) is 10.6 Å². The molecule has 0 bridgehead atoms. The number of unbranched alkanes of at least 4 members (excludes halogenated alkanes) is 1. The lowest BCUT2D eigenvalue weighted by molar-refractivity contribution is -0.120. The molecule has 1 amide bonds. The van der Waals surface area contributed by atoms with Crippen LogP contribution in [-0.2, 0) is 11.2 Å². The van der Waals surface area contributed by atoms with Gasteiger partial charge in [-0.25, -0.2) is 4.98 Å². The van der Waals surface area contributed by atoms with Crippen LogP contribution in [0.25, 0.3) is 10.6 Å². The molecule has 2 rings (SSSR count). The number of thiazole rings is 1. The lowest BCUT2D eigenvalue weighted by atomic mass is 10.3. The molecule has 0 unspecified atom stereocenters. The van der Waals surface area contributed by atoms with E-state index in [0.29, 0.717) is 6.42 Å². The van der Waals surface area contributed by atoms with Crippen molar-refractivity contribution in [3.05, 3.63) is 27.9 Å². The van der Waals surface area contributed by atoms with E-state index in [1.165, 1.54) is 0 Å². The number of rotatable bonds is 6. The largest absolute Gasteiger partial charge is 0.356 e. The predicted octanol–water partition coefficient (Wildman–Crippen LogP) is 3.33. The van der Waals surface area contributed by atoms with Gasteiger partial charge < -0.3 is 5.32 Å². The van der Waals surface area contributed by atoms with E-state index in [9.17, 15) is 4.79 Å². The molecule has 0 spiro atoms. The number of thiophene rings is 1. The average molecular weight is 280 g/mol. The number of carbonyl (C=O) groups is 1. The van der Waals surface area contributed by atoms with Crippen LogP contribution >= 0.6 is 22.7 Å².